The van der Waals surface area contributed by atoms with Crippen molar-refractivity contribution < 1.29 is 0 Å². The smallest absolute Gasteiger partial charge is 0.0281 e. The zero-order chi connectivity index (χ0) is 34.5. The molecule has 0 aromatic heterocycles. The fraction of sp³-hybridized carbons (Fsp3) is 0.250. The molecule has 0 atom stereocenters. The predicted molar refractivity (Wildman–Crippen MR) is 211 cm³/mol. The van der Waals surface area contributed by atoms with Crippen LogP contribution in [0.15, 0.2) is 148 Å². The fourth-order valence-electron chi connectivity index (χ4n) is 7.05. The third kappa shape index (κ3) is 6.82. The molecule has 0 radical (unpaired) electrons. The number of rotatable bonds is 2. The monoisotopic (exact) mass is 624 g/mol. The molecule has 240 valence electrons. The molecule has 4 aliphatic rings. The molecule has 0 unspecified atom stereocenters. The van der Waals surface area contributed by atoms with E-state index in [0.29, 0.717) is 11.8 Å². The van der Waals surface area contributed by atoms with E-state index in [-0.39, 0.29) is 0 Å². The van der Waals surface area contributed by atoms with Crippen LogP contribution in [-0.4, -0.2) is 0 Å². The molecule has 0 saturated carbocycles. The Morgan fingerprint density at radius 2 is 1.50 bits per heavy atom. The van der Waals surface area contributed by atoms with Crippen LogP contribution in [0.1, 0.15) is 75.3 Å². The summed E-state index contributed by atoms with van der Waals surface area (Å²) in [5.41, 5.74) is 24.3. The lowest BCUT2D eigenvalue weighted by Gasteiger charge is -2.20. The third-order valence-corrected chi connectivity index (χ3v) is 9.83. The topological polar surface area (TPSA) is 0 Å². The molecule has 6 rings (SSSR count). The molecule has 2 aromatic rings. The summed E-state index contributed by atoms with van der Waals surface area (Å²) in [6, 6.07) is 7.06. The molecule has 0 heterocycles. The first-order chi connectivity index (χ1) is 23.2. The van der Waals surface area contributed by atoms with Crippen molar-refractivity contribution in [3.63, 3.8) is 0 Å². The molecule has 2 bridgehead atoms. The van der Waals surface area contributed by atoms with Gasteiger partial charge in [0.15, 0.2) is 0 Å². The van der Waals surface area contributed by atoms with Crippen LogP contribution in [0, 0.1) is 31.6 Å². The van der Waals surface area contributed by atoms with E-state index >= 15 is 0 Å². The maximum absolute atomic E-state index is 4.67. The first-order valence-corrected chi connectivity index (χ1v) is 17.2. The van der Waals surface area contributed by atoms with Crippen molar-refractivity contribution in [2.75, 3.05) is 0 Å². The largest absolute Gasteiger partial charge is 0.124 e. The van der Waals surface area contributed by atoms with E-state index in [2.05, 4.69) is 164 Å². The quantitative estimate of drug-likeness (QED) is 0.230. The molecule has 0 saturated heterocycles. The summed E-state index contributed by atoms with van der Waals surface area (Å²) in [4.78, 5) is 0. The van der Waals surface area contributed by atoms with E-state index in [1.165, 1.54) is 66.5 Å². The van der Waals surface area contributed by atoms with Crippen molar-refractivity contribution >= 4 is 22.4 Å². The van der Waals surface area contributed by atoms with Crippen LogP contribution in [0.2, 0.25) is 0 Å². The van der Waals surface area contributed by atoms with Gasteiger partial charge in [0.05, 0.1) is 0 Å². The minimum absolute atomic E-state index is 0.391. The summed E-state index contributed by atoms with van der Waals surface area (Å²) in [5, 5.41) is 2.72. The van der Waals surface area contributed by atoms with Crippen LogP contribution < -0.4 is 0 Å². The first kappa shape index (κ1) is 34.3. The van der Waals surface area contributed by atoms with E-state index in [1.54, 1.807) is 0 Å². The van der Waals surface area contributed by atoms with Crippen molar-refractivity contribution in [2.45, 2.75) is 67.2 Å². The Labute approximate surface area is 289 Å². The van der Waals surface area contributed by atoms with E-state index in [1.807, 2.05) is 0 Å². The number of terminal acetylenes is 1. The minimum Gasteiger partial charge on any atom is -0.124 e. The minimum atomic E-state index is 0.391. The summed E-state index contributed by atoms with van der Waals surface area (Å²) >= 11 is 0. The molecule has 48 heavy (non-hydrogen) atoms. The second kappa shape index (κ2) is 14.8. The Balaban J connectivity index is 0.00000221. The van der Waals surface area contributed by atoms with Gasteiger partial charge in [0.1, 0.15) is 0 Å². The van der Waals surface area contributed by atoms with Crippen LogP contribution in [-0.2, 0) is 12.8 Å². The maximum atomic E-state index is 4.67. The highest BCUT2D eigenvalue weighted by Gasteiger charge is 2.22. The maximum Gasteiger partial charge on any atom is 0.0281 e. The molecule has 0 fully saturated rings. The van der Waals surface area contributed by atoms with Gasteiger partial charge in [0, 0.05) is 16.7 Å². The van der Waals surface area contributed by atoms with Crippen LogP contribution in [0.4, 0.5) is 0 Å². The number of hydrogen-bond acceptors (Lipinski definition) is 0. The first-order valence-electron chi connectivity index (χ1n) is 17.2. The van der Waals surface area contributed by atoms with Crippen molar-refractivity contribution in [1.82, 2.24) is 0 Å². The Bertz CT molecular complexity index is 2070. The summed E-state index contributed by atoms with van der Waals surface area (Å²) in [7, 11) is 0. The van der Waals surface area contributed by atoms with Gasteiger partial charge in [-0.1, -0.05) is 114 Å². The highest BCUT2D eigenvalue weighted by molar-refractivity contribution is 6.02. The van der Waals surface area contributed by atoms with Gasteiger partial charge in [0.25, 0.3) is 0 Å². The van der Waals surface area contributed by atoms with Crippen molar-refractivity contribution in [1.29, 1.82) is 0 Å². The normalized spacial score (nSPS) is 22.7. The highest BCUT2D eigenvalue weighted by Crippen LogP contribution is 2.41. The van der Waals surface area contributed by atoms with Crippen molar-refractivity contribution in [3.05, 3.63) is 176 Å². The fourth-order valence-corrected chi connectivity index (χ4v) is 7.05. The molecule has 0 nitrogen and oxygen atoms in total. The SMILES string of the molecule is C#C.C=C=C1/C=C2/C(=C)/C=C(C(C)C)\C=C/CC3=CC=C(C)C(=C=C32)C/C=C\c2c1cc1c3c(ccc(C)c23)C/C=C\C(C(C)C)=C/C1. The summed E-state index contributed by atoms with van der Waals surface area (Å²) in [6.45, 7) is 22.5. The van der Waals surface area contributed by atoms with Crippen LogP contribution in [0.3, 0.4) is 0 Å². The Kier molecular flexibility index (Phi) is 10.6. The molecule has 2 aromatic carbocycles. The second-order valence-electron chi connectivity index (χ2n) is 13.7. The van der Waals surface area contributed by atoms with Crippen LogP contribution in [0.5, 0.6) is 0 Å². The predicted octanol–water partition coefficient (Wildman–Crippen LogP) is 12.6. The summed E-state index contributed by atoms with van der Waals surface area (Å²) in [5.74, 6) is 0.867. The Hall–Kier alpha value is -5.04. The summed E-state index contributed by atoms with van der Waals surface area (Å²) < 4.78 is 0. The van der Waals surface area contributed by atoms with Crippen molar-refractivity contribution in [2.24, 2.45) is 11.8 Å². The highest BCUT2D eigenvalue weighted by atomic mass is 14.3. The lowest BCUT2D eigenvalue weighted by Crippen LogP contribution is -2.01. The van der Waals surface area contributed by atoms with Crippen LogP contribution >= 0.6 is 0 Å². The van der Waals surface area contributed by atoms with Gasteiger partial charge in [-0.25, -0.2) is 0 Å². The van der Waals surface area contributed by atoms with E-state index in [9.17, 15) is 0 Å². The van der Waals surface area contributed by atoms with Gasteiger partial charge < -0.3 is 0 Å². The zero-order valence-electron chi connectivity index (χ0n) is 29.6. The molecule has 0 amide bonds. The molecule has 4 aliphatic carbocycles. The van der Waals surface area contributed by atoms with Gasteiger partial charge in [-0.05, 0) is 136 Å². The third-order valence-electron chi connectivity index (χ3n) is 9.83. The van der Waals surface area contributed by atoms with Crippen LogP contribution in [0.25, 0.3) is 22.4 Å². The average molecular weight is 625 g/mol. The van der Waals surface area contributed by atoms with Gasteiger partial charge in [0.2, 0.25) is 0 Å². The number of aryl methyl sites for hydroxylation is 1. The van der Waals surface area contributed by atoms with Gasteiger partial charge in [-0.15, -0.1) is 24.3 Å². The Morgan fingerprint density at radius 3 is 2.23 bits per heavy atom. The van der Waals surface area contributed by atoms with Crippen molar-refractivity contribution in [3.8, 4) is 12.8 Å². The lowest BCUT2D eigenvalue weighted by molar-refractivity contribution is 0.786. The van der Waals surface area contributed by atoms with E-state index in [0.717, 1.165) is 48.0 Å². The number of benzene rings is 2. The molecule has 0 N–H and O–H groups in total. The average Bonchev–Trinajstić information content (AvgIpc) is 3.12. The molecular weight excluding hydrogens is 577 g/mol. The van der Waals surface area contributed by atoms with Gasteiger partial charge in [-0.2, -0.15) is 0 Å². The zero-order valence-corrected chi connectivity index (χ0v) is 29.6. The Morgan fingerprint density at radius 1 is 0.792 bits per heavy atom. The summed E-state index contributed by atoms with van der Waals surface area (Å²) in [6.07, 6.45) is 36.9. The van der Waals surface area contributed by atoms with Gasteiger partial charge >= 0.3 is 0 Å². The van der Waals surface area contributed by atoms with E-state index in [4.69, 9.17) is 0 Å². The van der Waals surface area contributed by atoms with E-state index < -0.39 is 0 Å². The molecule has 0 spiro atoms. The number of hydrogen-bond donors (Lipinski definition) is 0. The lowest BCUT2D eigenvalue weighted by atomic mass is 9.83. The van der Waals surface area contributed by atoms with Gasteiger partial charge in [-0.3, -0.25) is 0 Å². The number of allylic oxidation sites excluding steroid dienone is 18. The molecule has 0 heteroatoms. The number of fused-ring (bicyclic) bond motifs is 2. The second-order valence-corrected chi connectivity index (χ2v) is 13.7. The standard InChI is InChI=1S/C46H46.C2H2/c1-9-34-26-42-33(8)25-38(30(4)5)16-11-14-36-21-19-31(6)39(27-44(36)42)17-12-18-41-43(34)28-40-24-23-35(29(2)3)13-10-15-37-22-20-32(7)45(41)46(37)40;1-2/h10-13,16,18-23,25-26,28-30H,1,8,14-15,17,24H2,2-7H3;1-2H/b13-10-,16-11-,18-12-,35-23+,38-25+,42-26-;. The molecule has 0 aliphatic heterocycles. The molecular formula is C48H48.